The minimum Gasteiger partial charge on any atom is -0.363 e. The maximum atomic E-state index is 12.7. The zero-order valence-electron chi connectivity index (χ0n) is 14.4. The first-order valence-electron chi connectivity index (χ1n) is 8.58. The summed E-state index contributed by atoms with van der Waals surface area (Å²) in [7, 11) is 0. The lowest BCUT2D eigenvalue weighted by molar-refractivity contribution is -0.157. The second-order valence-electron chi connectivity index (χ2n) is 6.28. The number of carbonyl (C=O) groups excluding carboxylic acids is 3. The Morgan fingerprint density at radius 3 is 2.16 bits per heavy atom. The van der Waals surface area contributed by atoms with E-state index in [9.17, 15) is 14.4 Å². The van der Waals surface area contributed by atoms with E-state index in [1.165, 1.54) is 11.0 Å². The van der Waals surface area contributed by atoms with Crippen molar-refractivity contribution in [2.75, 3.05) is 0 Å². The van der Waals surface area contributed by atoms with Crippen LogP contribution in [0.1, 0.15) is 47.4 Å². The molecule has 0 bridgehead atoms. The molecule has 1 saturated heterocycles. The molecule has 132 valence electrons. The minimum atomic E-state index is -0.683. The molecule has 0 unspecified atom stereocenters. The fourth-order valence-corrected chi connectivity index (χ4v) is 3.38. The second-order valence-corrected chi connectivity index (χ2v) is 6.28. The molecule has 2 heterocycles. The summed E-state index contributed by atoms with van der Waals surface area (Å²) in [5.41, 5.74) is 0.755. The SMILES string of the molecule is C=C[C@@H]([C@H]1NC(=O)[C@H]1OC(CC)CC)N1C(=O)c2ccccc2C1=O. The largest absolute Gasteiger partial charge is 0.363 e. The average Bonchev–Trinajstić information content (AvgIpc) is 2.88. The van der Waals surface area contributed by atoms with E-state index in [-0.39, 0.29) is 23.8 Å². The summed E-state index contributed by atoms with van der Waals surface area (Å²) in [5, 5.41) is 2.76. The predicted octanol–water partition coefficient (Wildman–Crippen LogP) is 1.91. The number of nitrogens with zero attached hydrogens (tertiary/aromatic N) is 1. The summed E-state index contributed by atoms with van der Waals surface area (Å²) in [6.07, 6.45) is 2.38. The second kappa shape index (κ2) is 6.80. The highest BCUT2D eigenvalue weighted by Gasteiger charge is 2.51. The summed E-state index contributed by atoms with van der Waals surface area (Å²) in [5.74, 6) is -0.957. The molecule has 0 spiro atoms. The van der Waals surface area contributed by atoms with Gasteiger partial charge >= 0.3 is 0 Å². The van der Waals surface area contributed by atoms with Crippen molar-refractivity contribution in [3.05, 3.63) is 48.0 Å². The number of fused-ring (bicyclic) bond motifs is 1. The van der Waals surface area contributed by atoms with E-state index in [2.05, 4.69) is 11.9 Å². The van der Waals surface area contributed by atoms with Crippen molar-refractivity contribution in [1.82, 2.24) is 10.2 Å². The fraction of sp³-hybridized carbons (Fsp3) is 0.421. The van der Waals surface area contributed by atoms with E-state index in [0.717, 1.165) is 12.8 Å². The first kappa shape index (κ1) is 17.4. The first-order valence-corrected chi connectivity index (χ1v) is 8.58. The Morgan fingerprint density at radius 2 is 1.72 bits per heavy atom. The molecule has 1 fully saturated rings. The molecule has 1 aromatic carbocycles. The van der Waals surface area contributed by atoms with Gasteiger partial charge in [0.2, 0.25) is 0 Å². The molecule has 6 nitrogen and oxygen atoms in total. The summed E-state index contributed by atoms with van der Waals surface area (Å²) < 4.78 is 5.89. The van der Waals surface area contributed by atoms with Crippen LogP contribution in [0, 0.1) is 0 Å². The van der Waals surface area contributed by atoms with Gasteiger partial charge in [0, 0.05) is 0 Å². The van der Waals surface area contributed by atoms with Gasteiger partial charge in [0.15, 0.2) is 6.10 Å². The van der Waals surface area contributed by atoms with Gasteiger partial charge in [0.25, 0.3) is 17.7 Å². The third-order valence-corrected chi connectivity index (χ3v) is 4.88. The average molecular weight is 342 g/mol. The highest BCUT2D eigenvalue weighted by Crippen LogP contribution is 2.29. The highest BCUT2D eigenvalue weighted by molar-refractivity contribution is 6.21. The van der Waals surface area contributed by atoms with E-state index in [4.69, 9.17) is 4.74 Å². The Morgan fingerprint density at radius 1 is 1.16 bits per heavy atom. The molecule has 2 aliphatic rings. The van der Waals surface area contributed by atoms with Crippen LogP contribution in [0.2, 0.25) is 0 Å². The van der Waals surface area contributed by atoms with Crippen molar-refractivity contribution in [2.24, 2.45) is 0 Å². The molecule has 0 aliphatic carbocycles. The summed E-state index contributed by atoms with van der Waals surface area (Å²) in [4.78, 5) is 38.5. The van der Waals surface area contributed by atoms with Crippen LogP contribution in [0.4, 0.5) is 0 Å². The zero-order valence-corrected chi connectivity index (χ0v) is 14.4. The Bertz CT molecular complexity index is 691. The first-order chi connectivity index (χ1) is 12.0. The maximum Gasteiger partial charge on any atom is 0.262 e. The van der Waals surface area contributed by atoms with Crippen molar-refractivity contribution in [1.29, 1.82) is 0 Å². The van der Waals surface area contributed by atoms with Crippen molar-refractivity contribution in [3.8, 4) is 0 Å². The van der Waals surface area contributed by atoms with Gasteiger partial charge in [0.05, 0.1) is 29.3 Å². The van der Waals surface area contributed by atoms with Crippen molar-refractivity contribution in [3.63, 3.8) is 0 Å². The van der Waals surface area contributed by atoms with Crippen LogP contribution >= 0.6 is 0 Å². The third kappa shape index (κ3) is 2.76. The smallest absolute Gasteiger partial charge is 0.262 e. The molecule has 2 aliphatic heterocycles. The maximum absolute atomic E-state index is 12.7. The van der Waals surface area contributed by atoms with Crippen molar-refractivity contribution < 1.29 is 19.1 Å². The Hall–Kier alpha value is -2.47. The number of rotatable bonds is 7. The Balaban J connectivity index is 1.84. The number of carbonyl (C=O) groups is 3. The van der Waals surface area contributed by atoms with Crippen LogP contribution < -0.4 is 5.32 Å². The van der Waals surface area contributed by atoms with E-state index >= 15 is 0 Å². The van der Waals surface area contributed by atoms with Gasteiger partial charge in [-0.2, -0.15) is 0 Å². The van der Waals surface area contributed by atoms with Crippen LogP contribution in [-0.4, -0.2) is 46.9 Å². The molecule has 0 saturated carbocycles. The fourth-order valence-electron chi connectivity index (χ4n) is 3.38. The van der Waals surface area contributed by atoms with E-state index < -0.39 is 18.2 Å². The summed E-state index contributed by atoms with van der Waals surface area (Å²) >= 11 is 0. The van der Waals surface area contributed by atoms with E-state index in [0.29, 0.717) is 11.1 Å². The topological polar surface area (TPSA) is 75.7 Å². The number of imide groups is 1. The number of hydrogen-bond donors (Lipinski definition) is 1. The molecule has 3 amide bonds. The summed E-state index contributed by atoms with van der Waals surface area (Å²) in [6.45, 7) is 7.76. The highest BCUT2D eigenvalue weighted by atomic mass is 16.5. The molecule has 0 aromatic heterocycles. The van der Waals surface area contributed by atoms with Crippen LogP contribution in [-0.2, 0) is 9.53 Å². The van der Waals surface area contributed by atoms with Crippen LogP contribution in [0.25, 0.3) is 0 Å². The lowest BCUT2D eigenvalue weighted by Gasteiger charge is -2.43. The van der Waals surface area contributed by atoms with Gasteiger partial charge in [-0.1, -0.05) is 32.1 Å². The minimum absolute atomic E-state index is 0.0359. The summed E-state index contributed by atoms with van der Waals surface area (Å²) in [6, 6.07) is 5.58. The van der Waals surface area contributed by atoms with Gasteiger partial charge in [-0.25, -0.2) is 0 Å². The van der Waals surface area contributed by atoms with Gasteiger partial charge in [-0.3, -0.25) is 19.3 Å². The molecule has 1 N–H and O–H groups in total. The standard InChI is InChI=1S/C19H22N2O4/c1-4-11(5-2)25-16-15(20-17(16)22)14(6-3)21-18(23)12-9-7-8-10-13(12)19(21)24/h6-11,14-16H,3-5H2,1-2H3,(H,20,22)/t14-,15+,16-/m0/s1. The number of β-lactam (4-membered cyclic amide) rings is 1. The van der Waals surface area contributed by atoms with Crippen LogP contribution in [0.5, 0.6) is 0 Å². The van der Waals surface area contributed by atoms with Gasteiger partial charge < -0.3 is 10.1 Å². The lowest BCUT2D eigenvalue weighted by atomic mass is 9.92. The van der Waals surface area contributed by atoms with Crippen molar-refractivity contribution >= 4 is 17.7 Å². The normalized spacial score (nSPS) is 23.3. The van der Waals surface area contributed by atoms with Crippen molar-refractivity contribution in [2.45, 2.75) is 51.0 Å². The zero-order chi connectivity index (χ0) is 18.1. The van der Waals surface area contributed by atoms with E-state index in [1.807, 2.05) is 13.8 Å². The number of benzene rings is 1. The lowest BCUT2D eigenvalue weighted by Crippen LogP contribution is -2.71. The third-order valence-electron chi connectivity index (χ3n) is 4.88. The molecule has 6 heteroatoms. The molecule has 25 heavy (non-hydrogen) atoms. The molecule has 3 rings (SSSR count). The van der Waals surface area contributed by atoms with Gasteiger partial charge in [-0.15, -0.1) is 6.58 Å². The monoisotopic (exact) mass is 342 g/mol. The molecule has 3 atom stereocenters. The number of nitrogens with one attached hydrogen (secondary N) is 1. The van der Waals surface area contributed by atoms with Gasteiger partial charge in [0.1, 0.15) is 0 Å². The molecule has 0 radical (unpaired) electrons. The molecule has 1 aromatic rings. The molecular weight excluding hydrogens is 320 g/mol. The Kier molecular flexibility index (Phi) is 4.72. The quantitative estimate of drug-likeness (QED) is 0.467. The van der Waals surface area contributed by atoms with Crippen LogP contribution in [0.3, 0.4) is 0 Å². The van der Waals surface area contributed by atoms with Gasteiger partial charge in [-0.05, 0) is 25.0 Å². The van der Waals surface area contributed by atoms with Crippen LogP contribution in [0.15, 0.2) is 36.9 Å². The molecular formula is C19H22N2O4. The Labute approximate surface area is 146 Å². The number of amides is 3. The number of hydrogen-bond acceptors (Lipinski definition) is 4. The number of ether oxygens (including phenoxy) is 1. The predicted molar refractivity (Wildman–Crippen MR) is 92.1 cm³/mol. The van der Waals surface area contributed by atoms with E-state index in [1.54, 1.807) is 24.3 Å².